The summed E-state index contributed by atoms with van der Waals surface area (Å²) < 4.78 is 0. The van der Waals surface area contributed by atoms with Crippen molar-refractivity contribution >= 4 is 11.6 Å². The lowest BCUT2D eigenvalue weighted by atomic mass is 9.77. The molecule has 0 saturated carbocycles. The van der Waals surface area contributed by atoms with Crippen LogP contribution in [0.1, 0.15) is 24.0 Å². The lowest BCUT2D eigenvalue weighted by molar-refractivity contribution is -0.0502. The highest BCUT2D eigenvalue weighted by Gasteiger charge is 2.45. The van der Waals surface area contributed by atoms with Crippen LogP contribution in [-0.2, 0) is 5.60 Å². The summed E-state index contributed by atoms with van der Waals surface area (Å²) in [6.45, 7) is 5.15. The van der Waals surface area contributed by atoms with Gasteiger partial charge in [-0.25, -0.2) is 0 Å². The van der Waals surface area contributed by atoms with Gasteiger partial charge in [-0.05, 0) is 43.5 Å². The molecule has 0 radical (unpaired) electrons. The molecule has 1 aromatic carbocycles. The van der Waals surface area contributed by atoms with E-state index in [1.54, 1.807) is 0 Å². The van der Waals surface area contributed by atoms with E-state index in [0.717, 1.165) is 48.6 Å². The van der Waals surface area contributed by atoms with E-state index in [4.69, 9.17) is 11.6 Å². The van der Waals surface area contributed by atoms with E-state index >= 15 is 0 Å². The normalized spacial score (nSPS) is 36.2. The molecular formula is C14H18ClNO. The maximum absolute atomic E-state index is 11.0. The topological polar surface area (TPSA) is 23.5 Å². The van der Waals surface area contributed by atoms with Crippen LogP contribution in [0.25, 0.3) is 0 Å². The van der Waals surface area contributed by atoms with Crippen LogP contribution in [0, 0.1) is 12.8 Å². The summed E-state index contributed by atoms with van der Waals surface area (Å²) in [4.78, 5) is 2.44. The number of piperidine rings is 1. The van der Waals surface area contributed by atoms with Gasteiger partial charge >= 0.3 is 0 Å². The summed E-state index contributed by atoms with van der Waals surface area (Å²) >= 11 is 6.17. The second-order valence-electron chi connectivity index (χ2n) is 5.42. The average molecular weight is 252 g/mol. The van der Waals surface area contributed by atoms with Crippen molar-refractivity contribution in [1.29, 1.82) is 0 Å². The van der Waals surface area contributed by atoms with Crippen molar-refractivity contribution in [3.63, 3.8) is 0 Å². The van der Waals surface area contributed by atoms with E-state index in [9.17, 15) is 5.11 Å². The first-order valence-corrected chi connectivity index (χ1v) is 6.69. The fraction of sp³-hybridized carbons (Fsp3) is 0.571. The summed E-state index contributed by atoms with van der Waals surface area (Å²) in [6, 6.07) is 6.00. The van der Waals surface area contributed by atoms with Crippen LogP contribution in [0.5, 0.6) is 0 Å². The van der Waals surface area contributed by atoms with Crippen molar-refractivity contribution in [3.05, 3.63) is 34.3 Å². The molecule has 0 aliphatic carbocycles. The maximum Gasteiger partial charge on any atom is 0.0949 e. The zero-order valence-electron chi connectivity index (χ0n) is 10.1. The zero-order valence-corrected chi connectivity index (χ0v) is 10.9. The van der Waals surface area contributed by atoms with Crippen molar-refractivity contribution in [1.82, 2.24) is 4.90 Å². The van der Waals surface area contributed by atoms with Crippen LogP contribution in [0.3, 0.4) is 0 Å². The zero-order chi connectivity index (χ0) is 12.0. The van der Waals surface area contributed by atoms with Gasteiger partial charge in [0, 0.05) is 24.0 Å². The van der Waals surface area contributed by atoms with Crippen LogP contribution in [-0.4, -0.2) is 29.6 Å². The number of rotatable bonds is 1. The third kappa shape index (κ3) is 1.79. The van der Waals surface area contributed by atoms with Crippen LogP contribution in [0.4, 0.5) is 0 Å². The van der Waals surface area contributed by atoms with Gasteiger partial charge < -0.3 is 10.0 Å². The van der Waals surface area contributed by atoms with E-state index in [-0.39, 0.29) is 0 Å². The predicted octanol–water partition coefficient (Wildman–Crippen LogP) is 2.56. The van der Waals surface area contributed by atoms with Crippen molar-refractivity contribution in [2.45, 2.75) is 25.4 Å². The number of benzene rings is 1. The molecule has 2 nitrogen and oxygen atoms in total. The molecule has 3 rings (SSSR count). The molecule has 92 valence electrons. The van der Waals surface area contributed by atoms with Crippen LogP contribution < -0.4 is 0 Å². The molecule has 3 unspecified atom stereocenters. The first-order chi connectivity index (χ1) is 8.09. The molecule has 1 aromatic rings. The predicted molar refractivity (Wildman–Crippen MR) is 69.2 cm³/mol. The van der Waals surface area contributed by atoms with Gasteiger partial charge in [-0.2, -0.15) is 0 Å². The van der Waals surface area contributed by atoms with Gasteiger partial charge in [0.1, 0.15) is 0 Å². The summed E-state index contributed by atoms with van der Waals surface area (Å²) in [7, 11) is 0. The summed E-state index contributed by atoms with van der Waals surface area (Å²) in [5.41, 5.74) is 1.41. The van der Waals surface area contributed by atoms with E-state index in [2.05, 4.69) is 4.90 Å². The van der Waals surface area contributed by atoms with Gasteiger partial charge in [-0.1, -0.05) is 23.7 Å². The number of aliphatic hydroxyl groups is 1. The molecule has 2 saturated heterocycles. The molecular weight excluding hydrogens is 234 g/mol. The average Bonchev–Trinajstić information content (AvgIpc) is 2.73. The number of hydrogen-bond acceptors (Lipinski definition) is 2. The van der Waals surface area contributed by atoms with Gasteiger partial charge in [0.2, 0.25) is 0 Å². The number of nitrogens with zero attached hydrogens (tertiary/aromatic N) is 1. The molecule has 0 amide bonds. The summed E-state index contributed by atoms with van der Waals surface area (Å²) in [5.74, 6) is 0.370. The van der Waals surface area contributed by atoms with E-state index in [0.29, 0.717) is 5.92 Å². The highest BCUT2D eigenvalue weighted by molar-refractivity contribution is 6.31. The maximum atomic E-state index is 11.0. The number of hydrogen-bond donors (Lipinski definition) is 1. The van der Waals surface area contributed by atoms with Crippen molar-refractivity contribution in [2.24, 2.45) is 5.92 Å². The highest BCUT2D eigenvalue weighted by atomic mass is 35.5. The molecule has 2 heterocycles. The Balaban J connectivity index is 1.98. The minimum Gasteiger partial charge on any atom is -0.385 e. The molecule has 1 N–H and O–H groups in total. The number of halogens is 1. The molecule has 17 heavy (non-hydrogen) atoms. The van der Waals surface area contributed by atoms with Gasteiger partial charge in [-0.15, -0.1) is 0 Å². The quantitative estimate of drug-likeness (QED) is 0.829. The minimum absolute atomic E-state index is 0.370. The van der Waals surface area contributed by atoms with E-state index < -0.39 is 5.60 Å². The number of fused-ring (bicyclic) bond motifs is 2. The second kappa shape index (κ2) is 3.98. The molecule has 2 aliphatic heterocycles. The van der Waals surface area contributed by atoms with Crippen molar-refractivity contribution in [2.75, 3.05) is 19.6 Å². The molecule has 2 fully saturated rings. The lowest BCUT2D eigenvalue weighted by Crippen LogP contribution is -2.44. The Bertz CT molecular complexity index is 448. The molecule has 0 aromatic heterocycles. The summed E-state index contributed by atoms with van der Waals surface area (Å²) in [5, 5.41) is 11.7. The molecule has 2 aliphatic rings. The standard InChI is InChI=1S/C14H18ClNO/c1-10-2-3-11(8-13(10)15)14(17)5-7-16-6-4-12(14)9-16/h2-3,8,12,17H,4-7,9H2,1H3. The van der Waals surface area contributed by atoms with Crippen LogP contribution >= 0.6 is 11.6 Å². The smallest absolute Gasteiger partial charge is 0.0949 e. The monoisotopic (exact) mass is 251 g/mol. The summed E-state index contributed by atoms with van der Waals surface area (Å²) in [6.07, 6.45) is 1.93. The fourth-order valence-electron chi connectivity index (χ4n) is 3.20. The Morgan fingerprint density at radius 2 is 2.24 bits per heavy atom. The van der Waals surface area contributed by atoms with Gasteiger partial charge in [-0.3, -0.25) is 0 Å². The first-order valence-electron chi connectivity index (χ1n) is 6.31. The van der Waals surface area contributed by atoms with Gasteiger partial charge in [0.25, 0.3) is 0 Å². The van der Waals surface area contributed by atoms with Crippen molar-refractivity contribution in [3.8, 4) is 0 Å². The Labute approximate surface area is 107 Å². The van der Waals surface area contributed by atoms with E-state index in [1.807, 2.05) is 25.1 Å². The Morgan fingerprint density at radius 3 is 3.00 bits per heavy atom. The van der Waals surface area contributed by atoms with E-state index in [1.165, 1.54) is 0 Å². The molecule has 3 atom stereocenters. The third-order valence-electron chi connectivity index (χ3n) is 4.43. The van der Waals surface area contributed by atoms with Gasteiger partial charge in [0.15, 0.2) is 0 Å². The Morgan fingerprint density at radius 1 is 1.41 bits per heavy atom. The molecule has 3 heteroatoms. The fourth-order valence-corrected chi connectivity index (χ4v) is 3.38. The van der Waals surface area contributed by atoms with Crippen LogP contribution in [0.15, 0.2) is 18.2 Å². The first kappa shape index (κ1) is 11.5. The van der Waals surface area contributed by atoms with Crippen molar-refractivity contribution < 1.29 is 5.11 Å². The van der Waals surface area contributed by atoms with Crippen LogP contribution in [0.2, 0.25) is 5.02 Å². The molecule has 0 spiro atoms. The highest BCUT2D eigenvalue weighted by Crippen LogP contribution is 2.43. The molecule has 2 bridgehead atoms. The Kier molecular flexibility index (Phi) is 2.69. The largest absolute Gasteiger partial charge is 0.385 e. The Hall–Kier alpha value is -0.570. The third-order valence-corrected chi connectivity index (χ3v) is 4.84. The number of aryl methyl sites for hydroxylation is 1. The minimum atomic E-state index is -0.662. The van der Waals surface area contributed by atoms with Gasteiger partial charge in [0.05, 0.1) is 5.60 Å². The SMILES string of the molecule is Cc1ccc(C2(O)CCN3CCC2C3)cc1Cl. The second-order valence-corrected chi connectivity index (χ2v) is 5.83. The lowest BCUT2D eigenvalue weighted by Gasteiger charge is -2.39.